The van der Waals surface area contributed by atoms with Crippen molar-refractivity contribution in [3.8, 4) is 5.69 Å². The maximum absolute atomic E-state index is 13.2. The number of fused-ring (bicyclic) bond motifs is 1. The van der Waals surface area contributed by atoms with Gasteiger partial charge in [-0.05, 0) is 25.1 Å². The molecule has 1 amide bonds. The van der Waals surface area contributed by atoms with Gasteiger partial charge in [-0.25, -0.2) is 0 Å². The van der Waals surface area contributed by atoms with E-state index in [1.165, 1.54) is 9.58 Å². The van der Waals surface area contributed by atoms with E-state index in [0.29, 0.717) is 35.2 Å². The first-order valence-electron chi connectivity index (χ1n) is 9.39. The van der Waals surface area contributed by atoms with Gasteiger partial charge in [0.1, 0.15) is 0 Å². The first-order valence-corrected chi connectivity index (χ1v) is 9.39. The van der Waals surface area contributed by atoms with Crippen LogP contribution < -0.4 is 10.5 Å². The minimum absolute atomic E-state index is 0.106. The molecule has 1 fully saturated rings. The number of carbonyl (C=O) groups excluding carboxylic acids is 1. The first kappa shape index (κ1) is 17.4. The number of nitrogens with one attached hydrogen (secondary N) is 1. The van der Waals surface area contributed by atoms with E-state index in [1.807, 2.05) is 47.4 Å². The molecule has 2 heterocycles. The van der Waals surface area contributed by atoms with Crippen molar-refractivity contribution in [2.75, 3.05) is 32.7 Å². The van der Waals surface area contributed by atoms with Crippen molar-refractivity contribution < 1.29 is 9.69 Å². The molecule has 2 aromatic carbocycles. The molecule has 138 valence electrons. The Hall–Kier alpha value is -2.99. The molecule has 6 heteroatoms. The number of nitrogens with zero attached hydrogens (tertiary/aromatic N) is 3. The fraction of sp³-hybridized carbons (Fsp3) is 0.286. The summed E-state index contributed by atoms with van der Waals surface area (Å²) in [4.78, 5) is 29.5. The zero-order chi connectivity index (χ0) is 18.8. The fourth-order valence-electron chi connectivity index (χ4n) is 3.62. The molecule has 1 saturated heterocycles. The third-order valence-electron chi connectivity index (χ3n) is 5.27. The van der Waals surface area contributed by atoms with E-state index in [2.05, 4.69) is 12.0 Å². The number of benzene rings is 2. The molecular formula is C21H23N4O2+. The van der Waals surface area contributed by atoms with Crippen molar-refractivity contribution in [1.82, 2.24) is 14.7 Å². The van der Waals surface area contributed by atoms with Gasteiger partial charge < -0.3 is 9.80 Å². The van der Waals surface area contributed by atoms with Crippen molar-refractivity contribution in [1.29, 1.82) is 0 Å². The van der Waals surface area contributed by atoms with Crippen LogP contribution in [-0.2, 0) is 0 Å². The maximum atomic E-state index is 13.2. The quantitative estimate of drug-likeness (QED) is 0.747. The van der Waals surface area contributed by atoms with Gasteiger partial charge in [-0.3, -0.25) is 9.59 Å². The molecule has 0 spiro atoms. The number of hydrogen-bond donors (Lipinski definition) is 1. The molecule has 4 rings (SSSR count). The maximum Gasteiger partial charge on any atom is 0.279 e. The van der Waals surface area contributed by atoms with Crippen LogP contribution in [0.2, 0.25) is 0 Å². The molecule has 3 aromatic rings. The zero-order valence-corrected chi connectivity index (χ0v) is 15.4. The molecule has 27 heavy (non-hydrogen) atoms. The van der Waals surface area contributed by atoms with E-state index in [-0.39, 0.29) is 11.5 Å². The smallest absolute Gasteiger partial charge is 0.279 e. The van der Waals surface area contributed by atoms with Crippen LogP contribution >= 0.6 is 0 Å². The Morgan fingerprint density at radius 1 is 1.00 bits per heavy atom. The minimum atomic E-state index is -0.214. The highest BCUT2D eigenvalue weighted by Crippen LogP contribution is 2.17. The SMILES string of the molecule is CC[NH+]1CCN(C(=O)c2nn(-c3ccccc3)c(=O)c3ccccc23)CC1. The Morgan fingerprint density at radius 3 is 2.30 bits per heavy atom. The minimum Gasteiger partial charge on any atom is -0.332 e. The number of para-hydroxylation sites is 1. The highest BCUT2D eigenvalue weighted by atomic mass is 16.2. The zero-order valence-electron chi connectivity index (χ0n) is 15.4. The van der Waals surface area contributed by atoms with Crippen LogP contribution in [0.15, 0.2) is 59.4 Å². The summed E-state index contributed by atoms with van der Waals surface area (Å²) < 4.78 is 1.34. The summed E-state index contributed by atoms with van der Waals surface area (Å²) in [5, 5.41) is 5.62. The van der Waals surface area contributed by atoms with Crippen LogP contribution in [-0.4, -0.2) is 53.3 Å². The lowest BCUT2D eigenvalue weighted by atomic mass is 10.1. The van der Waals surface area contributed by atoms with Crippen molar-refractivity contribution in [3.63, 3.8) is 0 Å². The van der Waals surface area contributed by atoms with Gasteiger partial charge in [-0.2, -0.15) is 9.78 Å². The monoisotopic (exact) mass is 363 g/mol. The number of amides is 1. The topological polar surface area (TPSA) is 59.6 Å². The summed E-state index contributed by atoms with van der Waals surface area (Å²) in [7, 11) is 0. The highest BCUT2D eigenvalue weighted by molar-refractivity contribution is 6.04. The number of quaternary nitrogens is 1. The van der Waals surface area contributed by atoms with Crippen molar-refractivity contribution in [3.05, 3.63) is 70.6 Å². The molecule has 0 atom stereocenters. The first-order chi connectivity index (χ1) is 13.2. The summed E-state index contributed by atoms with van der Waals surface area (Å²) in [6, 6.07) is 16.5. The molecular weight excluding hydrogens is 340 g/mol. The molecule has 0 aliphatic carbocycles. The standard InChI is InChI=1S/C21H22N4O2/c1-2-23-12-14-24(15-13-23)21(27)19-17-10-6-7-11-18(17)20(26)25(22-19)16-8-4-3-5-9-16/h3-11H,2,12-15H2,1H3/p+1. The normalized spacial score (nSPS) is 15.2. The van der Waals surface area contributed by atoms with Crippen LogP contribution in [0.1, 0.15) is 17.4 Å². The van der Waals surface area contributed by atoms with Crippen LogP contribution in [0, 0.1) is 0 Å². The largest absolute Gasteiger partial charge is 0.332 e. The van der Waals surface area contributed by atoms with E-state index < -0.39 is 0 Å². The fourth-order valence-corrected chi connectivity index (χ4v) is 3.62. The van der Waals surface area contributed by atoms with E-state index in [1.54, 1.807) is 12.1 Å². The number of piperazine rings is 1. The number of carbonyl (C=O) groups is 1. The number of likely N-dealkylation sites (N-methyl/N-ethyl adjacent to an activating group) is 1. The van der Waals surface area contributed by atoms with Gasteiger partial charge in [0.05, 0.1) is 43.8 Å². The van der Waals surface area contributed by atoms with Crippen LogP contribution in [0.3, 0.4) is 0 Å². The average molecular weight is 363 g/mol. The summed E-state index contributed by atoms with van der Waals surface area (Å²) in [6.45, 7) is 6.54. The van der Waals surface area contributed by atoms with Crippen molar-refractivity contribution in [2.24, 2.45) is 0 Å². The Bertz CT molecular complexity index is 1020. The van der Waals surface area contributed by atoms with Gasteiger partial charge >= 0.3 is 0 Å². The molecule has 0 saturated carbocycles. The van der Waals surface area contributed by atoms with Crippen LogP contribution in [0.4, 0.5) is 0 Å². The second-order valence-electron chi connectivity index (χ2n) is 6.84. The molecule has 1 aliphatic heterocycles. The van der Waals surface area contributed by atoms with Gasteiger partial charge in [0.25, 0.3) is 11.5 Å². The van der Waals surface area contributed by atoms with Gasteiger partial charge in [0.15, 0.2) is 5.69 Å². The Labute approximate surface area is 157 Å². The lowest BCUT2D eigenvalue weighted by Gasteiger charge is -2.31. The lowest BCUT2D eigenvalue weighted by molar-refractivity contribution is -0.902. The predicted octanol–water partition coefficient (Wildman–Crippen LogP) is 0.746. The molecule has 1 aliphatic rings. The van der Waals surface area contributed by atoms with Crippen LogP contribution in [0.5, 0.6) is 0 Å². The average Bonchev–Trinajstić information content (AvgIpc) is 2.74. The molecule has 0 radical (unpaired) electrons. The Morgan fingerprint density at radius 2 is 1.63 bits per heavy atom. The third-order valence-corrected chi connectivity index (χ3v) is 5.27. The van der Waals surface area contributed by atoms with E-state index in [0.717, 1.165) is 19.6 Å². The summed E-state index contributed by atoms with van der Waals surface area (Å²) >= 11 is 0. The van der Waals surface area contributed by atoms with Crippen LogP contribution in [0.25, 0.3) is 16.5 Å². The summed E-state index contributed by atoms with van der Waals surface area (Å²) in [6.07, 6.45) is 0. The Balaban J connectivity index is 1.81. The molecule has 1 aromatic heterocycles. The molecule has 0 bridgehead atoms. The summed E-state index contributed by atoms with van der Waals surface area (Å²) in [5.41, 5.74) is 0.783. The lowest BCUT2D eigenvalue weighted by Crippen LogP contribution is -3.14. The highest BCUT2D eigenvalue weighted by Gasteiger charge is 2.27. The van der Waals surface area contributed by atoms with Crippen molar-refractivity contribution in [2.45, 2.75) is 6.92 Å². The van der Waals surface area contributed by atoms with Gasteiger partial charge in [-0.1, -0.05) is 36.4 Å². The number of aromatic nitrogens is 2. The van der Waals surface area contributed by atoms with Gasteiger partial charge in [-0.15, -0.1) is 0 Å². The summed E-state index contributed by atoms with van der Waals surface area (Å²) in [5.74, 6) is -0.106. The Kier molecular flexibility index (Phi) is 4.73. The third kappa shape index (κ3) is 3.24. The number of rotatable bonds is 3. The second-order valence-corrected chi connectivity index (χ2v) is 6.84. The van der Waals surface area contributed by atoms with E-state index in [4.69, 9.17) is 0 Å². The molecule has 1 N–H and O–H groups in total. The van der Waals surface area contributed by atoms with Gasteiger partial charge in [0, 0.05) is 5.39 Å². The van der Waals surface area contributed by atoms with Gasteiger partial charge in [0.2, 0.25) is 0 Å². The molecule has 6 nitrogen and oxygen atoms in total. The van der Waals surface area contributed by atoms with Crippen molar-refractivity contribution >= 4 is 16.7 Å². The predicted molar refractivity (Wildman–Crippen MR) is 104 cm³/mol. The van der Waals surface area contributed by atoms with E-state index >= 15 is 0 Å². The van der Waals surface area contributed by atoms with E-state index in [9.17, 15) is 9.59 Å². The molecule has 0 unspecified atom stereocenters. The second kappa shape index (κ2) is 7.32. The number of hydrogen-bond acceptors (Lipinski definition) is 3.